The Bertz CT molecular complexity index is 929. The zero-order valence-electron chi connectivity index (χ0n) is 15.0. The minimum atomic E-state index is -3.46. The number of hydrogen-bond acceptors (Lipinski definition) is 6. The first-order valence-corrected chi connectivity index (χ1v) is 9.72. The normalized spacial score (nSPS) is 12.3. The molecule has 0 N–H and O–H groups in total. The van der Waals surface area contributed by atoms with Crippen LogP contribution in [0.5, 0.6) is 5.75 Å². The smallest absolute Gasteiger partial charge is 0.339 e. The van der Waals surface area contributed by atoms with Crippen molar-refractivity contribution in [3.05, 3.63) is 59.2 Å². The number of ether oxygens (including phenoxy) is 2. The molecule has 6 nitrogen and oxygen atoms in total. The third-order valence-corrected chi connectivity index (χ3v) is 4.99. The van der Waals surface area contributed by atoms with Gasteiger partial charge in [0.05, 0.1) is 17.6 Å². The van der Waals surface area contributed by atoms with Gasteiger partial charge in [-0.05, 0) is 55.8 Å². The van der Waals surface area contributed by atoms with E-state index >= 15 is 0 Å². The molecule has 0 fully saturated rings. The van der Waals surface area contributed by atoms with Gasteiger partial charge in [0.1, 0.15) is 5.75 Å². The fourth-order valence-corrected chi connectivity index (χ4v) is 2.97. The van der Waals surface area contributed by atoms with E-state index < -0.39 is 21.9 Å². The van der Waals surface area contributed by atoms with Crippen LogP contribution in [0.15, 0.2) is 47.4 Å². The fourth-order valence-electron chi connectivity index (χ4n) is 2.32. The number of carbonyl (C=O) groups is 2. The quantitative estimate of drug-likeness (QED) is 0.569. The summed E-state index contributed by atoms with van der Waals surface area (Å²) >= 11 is 0. The highest BCUT2D eigenvalue weighted by atomic mass is 32.2. The van der Waals surface area contributed by atoms with Crippen LogP contribution in [0.1, 0.15) is 33.2 Å². The molecule has 0 aliphatic rings. The number of methoxy groups -OCH3 is 1. The Morgan fingerprint density at radius 2 is 1.65 bits per heavy atom. The largest absolute Gasteiger partial charge is 0.497 e. The molecule has 0 aromatic heterocycles. The zero-order valence-corrected chi connectivity index (χ0v) is 15.8. The molecule has 0 amide bonds. The molecule has 1 atom stereocenters. The topological polar surface area (TPSA) is 86.7 Å². The average Bonchev–Trinajstić information content (AvgIpc) is 2.60. The predicted octanol–water partition coefficient (Wildman–Crippen LogP) is 2.84. The van der Waals surface area contributed by atoms with Gasteiger partial charge in [-0.3, -0.25) is 4.79 Å². The fraction of sp³-hybridized carbons (Fsp3) is 0.263. The molecule has 0 aliphatic carbocycles. The summed E-state index contributed by atoms with van der Waals surface area (Å²) in [6.45, 7) is 3.14. The molecule has 0 heterocycles. The molecule has 2 aromatic rings. The van der Waals surface area contributed by atoms with Crippen LogP contribution in [0.3, 0.4) is 0 Å². The Labute approximate surface area is 152 Å². The van der Waals surface area contributed by atoms with E-state index in [1.54, 1.807) is 31.2 Å². The number of Topliss-reactive ketones (excluding diaryl/α,β-unsaturated/α-hetero) is 1. The molecule has 0 unspecified atom stereocenters. The predicted molar refractivity (Wildman–Crippen MR) is 96.5 cm³/mol. The molecule has 7 heteroatoms. The molecule has 2 aromatic carbocycles. The van der Waals surface area contributed by atoms with E-state index in [2.05, 4.69) is 0 Å². The van der Waals surface area contributed by atoms with Gasteiger partial charge in [0.25, 0.3) is 0 Å². The third kappa shape index (κ3) is 4.49. The second-order valence-corrected chi connectivity index (χ2v) is 7.90. The lowest BCUT2D eigenvalue weighted by molar-refractivity contribution is 0.0318. The second-order valence-electron chi connectivity index (χ2n) is 5.89. The van der Waals surface area contributed by atoms with Crippen LogP contribution in [0, 0.1) is 6.92 Å². The number of hydrogen-bond donors (Lipinski definition) is 0. The standard InChI is InChI=1S/C19H20O6S/c1-12-5-10-16(26(4,22)23)11-17(12)19(21)25-13(2)18(20)14-6-8-15(24-3)9-7-14/h5-11,13H,1-4H3/t13-/m0/s1. The summed E-state index contributed by atoms with van der Waals surface area (Å²) in [6.07, 6.45) is 0.0416. The summed E-state index contributed by atoms with van der Waals surface area (Å²) in [5.74, 6) is -0.500. The van der Waals surface area contributed by atoms with Crippen molar-refractivity contribution < 1.29 is 27.5 Å². The number of benzene rings is 2. The van der Waals surface area contributed by atoms with Crippen LogP contribution in [0.4, 0.5) is 0 Å². The average molecular weight is 376 g/mol. The third-order valence-electron chi connectivity index (χ3n) is 3.88. The first-order chi connectivity index (χ1) is 12.1. The van der Waals surface area contributed by atoms with Gasteiger partial charge in [0.2, 0.25) is 5.78 Å². The van der Waals surface area contributed by atoms with Gasteiger partial charge in [-0.25, -0.2) is 13.2 Å². The Kier molecular flexibility index (Phi) is 5.82. The first-order valence-electron chi connectivity index (χ1n) is 7.83. The van der Waals surface area contributed by atoms with Crippen molar-refractivity contribution in [2.45, 2.75) is 24.8 Å². The van der Waals surface area contributed by atoms with Crippen LogP contribution < -0.4 is 4.74 Å². The Balaban J connectivity index is 2.19. The van der Waals surface area contributed by atoms with Crippen molar-refractivity contribution in [2.75, 3.05) is 13.4 Å². The molecule has 0 bridgehead atoms. The lowest BCUT2D eigenvalue weighted by Gasteiger charge is -2.14. The number of esters is 1. The lowest BCUT2D eigenvalue weighted by Crippen LogP contribution is -2.25. The van der Waals surface area contributed by atoms with Crippen LogP contribution in [-0.4, -0.2) is 39.6 Å². The summed E-state index contributed by atoms with van der Waals surface area (Å²) in [5, 5.41) is 0. The minimum absolute atomic E-state index is 0.0178. The van der Waals surface area contributed by atoms with E-state index in [1.165, 1.54) is 32.2 Å². The summed E-state index contributed by atoms with van der Waals surface area (Å²) in [7, 11) is -1.93. The van der Waals surface area contributed by atoms with Gasteiger partial charge < -0.3 is 9.47 Å². The van der Waals surface area contributed by atoms with E-state index in [-0.39, 0.29) is 16.2 Å². The van der Waals surface area contributed by atoms with E-state index in [9.17, 15) is 18.0 Å². The van der Waals surface area contributed by atoms with Gasteiger partial charge in [0, 0.05) is 11.8 Å². The van der Waals surface area contributed by atoms with Gasteiger partial charge in [-0.1, -0.05) is 6.07 Å². The van der Waals surface area contributed by atoms with Crippen molar-refractivity contribution in [1.82, 2.24) is 0 Å². The number of rotatable bonds is 6. The van der Waals surface area contributed by atoms with Crippen molar-refractivity contribution in [3.63, 3.8) is 0 Å². The maximum absolute atomic E-state index is 12.4. The molecule has 0 radical (unpaired) electrons. The molecular formula is C19H20O6S. The Morgan fingerprint density at radius 1 is 1.04 bits per heavy atom. The molecule has 0 saturated carbocycles. The van der Waals surface area contributed by atoms with Crippen LogP contribution >= 0.6 is 0 Å². The summed E-state index contributed by atoms with van der Waals surface area (Å²) < 4.78 is 33.6. The van der Waals surface area contributed by atoms with Gasteiger partial charge in [-0.2, -0.15) is 0 Å². The molecule has 138 valence electrons. The van der Waals surface area contributed by atoms with E-state index in [4.69, 9.17) is 9.47 Å². The number of sulfone groups is 1. The molecule has 0 aliphatic heterocycles. The van der Waals surface area contributed by atoms with Crippen LogP contribution in [0.25, 0.3) is 0 Å². The van der Waals surface area contributed by atoms with Crippen molar-refractivity contribution >= 4 is 21.6 Å². The summed E-state index contributed by atoms with van der Waals surface area (Å²) in [5.41, 5.74) is 1.06. The monoisotopic (exact) mass is 376 g/mol. The highest BCUT2D eigenvalue weighted by Crippen LogP contribution is 2.19. The van der Waals surface area contributed by atoms with E-state index in [1.807, 2.05) is 0 Å². The Morgan fingerprint density at radius 3 is 2.19 bits per heavy atom. The lowest BCUT2D eigenvalue weighted by atomic mass is 10.1. The van der Waals surface area contributed by atoms with Gasteiger partial charge in [-0.15, -0.1) is 0 Å². The second kappa shape index (κ2) is 7.70. The minimum Gasteiger partial charge on any atom is -0.497 e. The number of carbonyl (C=O) groups excluding carboxylic acids is 2. The maximum Gasteiger partial charge on any atom is 0.339 e. The van der Waals surface area contributed by atoms with Crippen molar-refractivity contribution in [3.8, 4) is 5.75 Å². The maximum atomic E-state index is 12.4. The van der Waals surface area contributed by atoms with Gasteiger partial charge >= 0.3 is 5.97 Å². The molecule has 0 spiro atoms. The summed E-state index contributed by atoms with van der Waals surface area (Å²) in [4.78, 5) is 24.8. The molecule has 0 saturated heterocycles. The van der Waals surface area contributed by atoms with Crippen molar-refractivity contribution in [2.24, 2.45) is 0 Å². The van der Waals surface area contributed by atoms with Gasteiger partial charge in [0.15, 0.2) is 15.9 Å². The highest BCUT2D eigenvalue weighted by molar-refractivity contribution is 7.90. The number of ketones is 1. The number of aryl methyl sites for hydroxylation is 1. The highest BCUT2D eigenvalue weighted by Gasteiger charge is 2.22. The zero-order chi connectivity index (χ0) is 19.5. The Hall–Kier alpha value is -2.67. The van der Waals surface area contributed by atoms with Crippen molar-refractivity contribution in [1.29, 1.82) is 0 Å². The molecule has 2 rings (SSSR count). The SMILES string of the molecule is COc1ccc(C(=O)[C@H](C)OC(=O)c2cc(S(C)(=O)=O)ccc2C)cc1. The molecular weight excluding hydrogens is 356 g/mol. The van der Waals surface area contributed by atoms with E-state index in [0.29, 0.717) is 16.9 Å². The van der Waals surface area contributed by atoms with Crippen LogP contribution in [-0.2, 0) is 14.6 Å². The summed E-state index contributed by atoms with van der Waals surface area (Å²) in [6, 6.07) is 10.7. The first kappa shape index (κ1) is 19.7. The van der Waals surface area contributed by atoms with E-state index in [0.717, 1.165) is 6.26 Å². The molecule has 26 heavy (non-hydrogen) atoms. The van der Waals surface area contributed by atoms with Crippen LogP contribution in [0.2, 0.25) is 0 Å².